The predicted octanol–water partition coefficient (Wildman–Crippen LogP) is 3.83. The Kier molecular flexibility index (Phi) is 5.83. The molecule has 4 heteroatoms. The molecule has 2 aromatic carbocycles. The molecule has 0 saturated carbocycles. The molecule has 0 saturated heterocycles. The van der Waals surface area contributed by atoms with Crippen molar-refractivity contribution in [1.82, 2.24) is 0 Å². The van der Waals surface area contributed by atoms with E-state index in [-0.39, 0.29) is 0 Å². The fourth-order valence-electron chi connectivity index (χ4n) is 2.32. The quantitative estimate of drug-likeness (QED) is 0.727. The molecule has 2 aromatic rings. The molecule has 0 heterocycles. The van der Waals surface area contributed by atoms with Crippen molar-refractivity contribution in [2.45, 2.75) is 19.8 Å². The van der Waals surface area contributed by atoms with Crippen LogP contribution in [0.15, 0.2) is 48.5 Å². The molecule has 0 atom stereocenters. The maximum Gasteiger partial charge on any atom is 0.335 e. The number of aromatic carboxylic acids is 1. The molecule has 0 fully saturated rings. The van der Waals surface area contributed by atoms with Crippen molar-refractivity contribution in [1.29, 1.82) is 0 Å². The Morgan fingerprint density at radius 3 is 2.77 bits per heavy atom. The monoisotopic (exact) mass is 299 g/mol. The minimum Gasteiger partial charge on any atom is -0.494 e. The van der Waals surface area contributed by atoms with Crippen molar-refractivity contribution in [2.24, 2.45) is 0 Å². The summed E-state index contributed by atoms with van der Waals surface area (Å²) in [6, 6.07) is 15.0. The van der Waals surface area contributed by atoms with Crippen molar-refractivity contribution in [2.75, 3.05) is 18.5 Å². The highest BCUT2D eigenvalue weighted by molar-refractivity contribution is 5.89. The third-order valence-electron chi connectivity index (χ3n) is 3.34. The predicted molar refractivity (Wildman–Crippen MR) is 87.8 cm³/mol. The van der Waals surface area contributed by atoms with Crippen LogP contribution in [-0.2, 0) is 6.42 Å². The highest BCUT2D eigenvalue weighted by Gasteiger charge is 2.08. The summed E-state index contributed by atoms with van der Waals surface area (Å²) >= 11 is 0. The number of rotatable bonds is 8. The summed E-state index contributed by atoms with van der Waals surface area (Å²) in [7, 11) is 0. The molecule has 0 bridgehead atoms. The molecule has 4 nitrogen and oxygen atoms in total. The first kappa shape index (κ1) is 15.9. The van der Waals surface area contributed by atoms with Gasteiger partial charge in [-0.1, -0.05) is 24.3 Å². The molecule has 0 spiro atoms. The van der Waals surface area contributed by atoms with E-state index in [0.717, 1.165) is 36.4 Å². The van der Waals surface area contributed by atoms with Crippen LogP contribution in [0.3, 0.4) is 0 Å². The van der Waals surface area contributed by atoms with Crippen LogP contribution in [0.5, 0.6) is 5.75 Å². The van der Waals surface area contributed by atoms with E-state index in [0.29, 0.717) is 12.2 Å². The van der Waals surface area contributed by atoms with E-state index >= 15 is 0 Å². The lowest BCUT2D eigenvalue weighted by Crippen LogP contribution is -2.06. The van der Waals surface area contributed by atoms with Gasteiger partial charge in [0, 0.05) is 18.3 Å². The van der Waals surface area contributed by atoms with Gasteiger partial charge in [0.2, 0.25) is 0 Å². The number of anilines is 1. The smallest absolute Gasteiger partial charge is 0.335 e. The molecule has 2 N–H and O–H groups in total. The number of carboxylic acids is 1. The standard InChI is InChI=1S/C18H21NO3/c1-2-22-16-10-5-9-15(13-16)19-12-6-8-14-7-3-4-11-17(14)18(20)21/h3-5,7,9-11,13,19H,2,6,8,12H2,1H3,(H,20,21). The Hall–Kier alpha value is -2.49. The van der Waals surface area contributed by atoms with Crippen LogP contribution in [-0.4, -0.2) is 24.2 Å². The number of carbonyl (C=O) groups is 1. The van der Waals surface area contributed by atoms with Crippen LogP contribution in [0.25, 0.3) is 0 Å². The minimum absolute atomic E-state index is 0.390. The zero-order valence-corrected chi connectivity index (χ0v) is 12.7. The van der Waals surface area contributed by atoms with E-state index in [1.54, 1.807) is 12.1 Å². The average Bonchev–Trinajstić information content (AvgIpc) is 2.52. The number of benzene rings is 2. The summed E-state index contributed by atoms with van der Waals surface area (Å²) in [6.45, 7) is 3.39. The molecule has 2 rings (SSSR count). The molecule has 0 aromatic heterocycles. The molecular formula is C18H21NO3. The summed E-state index contributed by atoms with van der Waals surface area (Å²) in [6.07, 6.45) is 1.60. The van der Waals surface area contributed by atoms with Gasteiger partial charge in [0.05, 0.1) is 12.2 Å². The van der Waals surface area contributed by atoms with E-state index in [2.05, 4.69) is 5.32 Å². The lowest BCUT2D eigenvalue weighted by Gasteiger charge is -2.10. The van der Waals surface area contributed by atoms with Gasteiger partial charge in [0.15, 0.2) is 0 Å². The summed E-state index contributed by atoms with van der Waals surface area (Å²) in [5, 5.41) is 12.5. The summed E-state index contributed by atoms with van der Waals surface area (Å²) in [4.78, 5) is 11.1. The van der Waals surface area contributed by atoms with Crippen LogP contribution < -0.4 is 10.1 Å². The van der Waals surface area contributed by atoms with E-state index < -0.39 is 5.97 Å². The van der Waals surface area contributed by atoms with Gasteiger partial charge in [-0.15, -0.1) is 0 Å². The molecule has 0 aliphatic carbocycles. The number of carboxylic acid groups (broad SMARTS) is 1. The Morgan fingerprint density at radius 1 is 1.18 bits per heavy atom. The number of aryl methyl sites for hydroxylation is 1. The number of hydrogen-bond acceptors (Lipinski definition) is 3. The van der Waals surface area contributed by atoms with Crippen molar-refractivity contribution >= 4 is 11.7 Å². The third-order valence-corrected chi connectivity index (χ3v) is 3.34. The van der Waals surface area contributed by atoms with Crippen molar-refractivity contribution in [3.8, 4) is 5.75 Å². The Morgan fingerprint density at radius 2 is 2.00 bits per heavy atom. The maximum absolute atomic E-state index is 11.1. The molecule has 0 unspecified atom stereocenters. The second-order valence-electron chi connectivity index (χ2n) is 4.95. The van der Waals surface area contributed by atoms with Crippen molar-refractivity contribution in [3.05, 3.63) is 59.7 Å². The molecule has 22 heavy (non-hydrogen) atoms. The van der Waals surface area contributed by atoms with Crippen molar-refractivity contribution in [3.63, 3.8) is 0 Å². The van der Waals surface area contributed by atoms with Gasteiger partial charge in [-0.2, -0.15) is 0 Å². The molecule has 0 amide bonds. The summed E-state index contributed by atoms with van der Waals surface area (Å²) < 4.78 is 5.46. The summed E-state index contributed by atoms with van der Waals surface area (Å²) in [5.74, 6) is -0.0169. The zero-order valence-electron chi connectivity index (χ0n) is 12.7. The van der Waals surface area contributed by atoms with E-state index in [4.69, 9.17) is 9.84 Å². The third kappa shape index (κ3) is 4.52. The first-order chi connectivity index (χ1) is 10.7. The molecule has 0 aliphatic heterocycles. The highest BCUT2D eigenvalue weighted by Crippen LogP contribution is 2.17. The molecule has 0 aliphatic rings. The minimum atomic E-state index is -0.868. The first-order valence-electron chi connectivity index (χ1n) is 7.48. The molecule has 116 valence electrons. The van der Waals surface area contributed by atoms with Crippen LogP contribution >= 0.6 is 0 Å². The SMILES string of the molecule is CCOc1cccc(NCCCc2ccccc2C(=O)O)c1. The zero-order chi connectivity index (χ0) is 15.8. The fraction of sp³-hybridized carbons (Fsp3) is 0.278. The van der Waals surface area contributed by atoms with Gasteiger partial charge >= 0.3 is 5.97 Å². The maximum atomic E-state index is 11.1. The van der Waals surface area contributed by atoms with E-state index in [1.165, 1.54) is 0 Å². The van der Waals surface area contributed by atoms with Gasteiger partial charge in [-0.25, -0.2) is 4.79 Å². The van der Waals surface area contributed by atoms with Crippen LogP contribution in [0, 0.1) is 0 Å². The Bertz CT molecular complexity index is 625. The van der Waals surface area contributed by atoms with E-state index in [1.807, 2.05) is 43.3 Å². The second-order valence-corrected chi connectivity index (χ2v) is 4.95. The van der Waals surface area contributed by atoms with Crippen LogP contribution in [0.2, 0.25) is 0 Å². The number of ether oxygens (including phenoxy) is 1. The van der Waals surface area contributed by atoms with Gasteiger partial charge in [-0.3, -0.25) is 0 Å². The fourth-order valence-corrected chi connectivity index (χ4v) is 2.32. The van der Waals surface area contributed by atoms with Gasteiger partial charge in [0.25, 0.3) is 0 Å². The normalized spacial score (nSPS) is 10.2. The average molecular weight is 299 g/mol. The molecule has 0 radical (unpaired) electrons. The summed E-state index contributed by atoms with van der Waals surface area (Å²) in [5.41, 5.74) is 2.28. The highest BCUT2D eigenvalue weighted by atomic mass is 16.5. The Balaban J connectivity index is 1.85. The van der Waals surface area contributed by atoms with Crippen molar-refractivity contribution < 1.29 is 14.6 Å². The lowest BCUT2D eigenvalue weighted by molar-refractivity contribution is 0.0695. The Labute approximate surface area is 130 Å². The van der Waals surface area contributed by atoms with Crippen LogP contribution in [0.4, 0.5) is 5.69 Å². The molecular weight excluding hydrogens is 278 g/mol. The number of nitrogens with one attached hydrogen (secondary N) is 1. The topological polar surface area (TPSA) is 58.6 Å². The number of hydrogen-bond donors (Lipinski definition) is 2. The second kappa shape index (κ2) is 8.08. The lowest BCUT2D eigenvalue weighted by atomic mass is 10.0. The van der Waals surface area contributed by atoms with E-state index in [9.17, 15) is 4.79 Å². The van der Waals surface area contributed by atoms with Gasteiger partial charge < -0.3 is 15.2 Å². The first-order valence-corrected chi connectivity index (χ1v) is 7.48. The van der Waals surface area contributed by atoms with Gasteiger partial charge in [0.1, 0.15) is 5.75 Å². The largest absolute Gasteiger partial charge is 0.494 e. The van der Waals surface area contributed by atoms with Crippen LogP contribution in [0.1, 0.15) is 29.3 Å². The van der Waals surface area contributed by atoms with Gasteiger partial charge in [-0.05, 0) is 43.5 Å².